The average molecular weight is 276 g/mol. The monoisotopic (exact) mass is 276 g/mol. The van der Waals surface area contributed by atoms with Gasteiger partial charge in [0.1, 0.15) is 0 Å². The van der Waals surface area contributed by atoms with Gasteiger partial charge in [-0.1, -0.05) is 0 Å². The molecule has 19 heavy (non-hydrogen) atoms. The van der Waals surface area contributed by atoms with Crippen LogP contribution in [0.25, 0.3) is 0 Å². The fourth-order valence-electron chi connectivity index (χ4n) is 2.25. The predicted molar refractivity (Wildman–Crippen MR) is 66.4 cm³/mol. The molecule has 0 saturated carbocycles. The van der Waals surface area contributed by atoms with Crippen molar-refractivity contribution in [3.05, 3.63) is 0 Å². The Hall–Kier alpha value is -0.240. The quantitative estimate of drug-likeness (QED) is 0.767. The Balaban J connectivity index is 1.75. The van der Waals surface area contributed by atoms with Crippen LogP contribution in [0.3, 0.4) is 0 Å². The van der Waals surface area contributed by atoms with Crippen LogP contribution in [0.4, 0.5) is 0 Å². The molecule has 2 aliphatic rings. The van der Waals surface area contributed by atoms with Gasteiger partial charge in [-0.2, -0.15) is 0 Å². The summed E-state index contributed by atoms with van der Waals surface area (Å²) in [6.07, 6.45) is -0.617. The minimum Gasteiger partial charge on any atom is -0.393 e. The molecule has 2 heterocycles. The molecule has 2 saturated heterocycles. The second kappa shape index (κ2) is 6.47. The maximum Gasteiger partial charge on any atom is 0.160 e. The normalized spacial score (nSPS) is 39.2. The maximum absolute atomic E-state index is 9.29. The van der Waals surface area contributed by atoms with E-state index < -0.39 is 12.2 Å². The summed E-state index contributed by atoms with van der Waals surface area (Å²) < 4.78 is 22.4. The molecule has 2 rings (SSSR count). The Labute approximate surface area is 113 Å². The van der Waals surface area contributed by atoms with Crippen molar-refractivity contribution in [2.24, 2.45) is 5.41 Å². The maximum atomic E-state index is 9.29. The summed E-state index contributed by atoms with van der Waals surface area (Å²) in [5.74, 6) is 0. The van der Waals surface area contributed by atoms with Crippen molar-refractivity contribution < 1.29 is 29.2 Å². The number of rotatable bonds is 4. The van der Waals surface area contributed by atoms with Crippen molar-refractivity contribution >= 4 is 0 Å². The molecule has 6 heteroatoms. The van der Waals surface area contributed by atoms with Crippen LogP contribution >= 0.6 is 0 Å². The van der Waals surface area contributed by atoms with Crippen LogP contribution in [0.5, 0.6) is 0 Å². The molecule has 0 amide bonds. The van der Waals surface area contributed by atoms with Gasteiger partial charge in [0, 0.05) is 12.8 Å². The van der Waals surface area contributed by atoms with Gasteiger partial charge < -0.3 is 29.2 Å². The number of hydrogen-bond acceptors (Lipinski definition) is 6. The first kappa shape index (κ1) is 15.2. The van der Waals surface area contributed by atoms with E-state index in [1.165, 1.54) is 0 Å². The summed E-state index contributed by atoms with van der Waals surface area (Å²) >= 11 is 0. The van der Waals surface area contributed by atoms with Crippen molar-refractivity contribution in [1.82, 2.24) is 0 Å². The first-order valence-corrected chi connectivity index (χ1v) is 6.82. The largest absolute Gasteiger partial charge is 0.393 e. The highest BCUT2D eigenvalue weighted by atomic mass is 16.7. The van der Waals surface area contributed by atoms with Crippen molar-refractivity contribution in [2.75, 3.05) is 26.4 Å². The highest BCUT2D eigenvalue weighted by Gasteiger charge is 2.42. The second-order valence-corrected chi connectivity index (χ2v) is 5.77. The van der Waals surface area contributed by atoms with Crippen molar-refractivity contribution in [1.29, 1.82) is 0 Å². The summed E-state index contributed by atoms with van der Waals surface area (Å²) in [4.78, 5) is 0. The minimum absolute atomic E-state index is 0.260. The van der Waals surface area contributed by atoms with Crippen LogP contribution < -0.4 is 0 Å². The predicted octanol–water partition coefficient (Wildman–Crippen LogP) is 0.260. The molecule has 112 valence electrons. The van der Waals surface area contributed by atoms with Crippen molar-refractivity contribution in [3.8, 4) is 0 Å². The van der Waals surface area contributed by atoms with E-state index in [-0.39, 0.29) is 18.0 Å². The number of hydrogen-bond donors (Lipinski definition) is 2. The van der Waals surface area contributed by atoms with E-state index in [0.717, 1.165) is 0 Å². The zero-order valence-corrected chi connectivity index (χ0v) is 11.6. The molecular weight excluding hydrogens is 252 g/mol. The van der Waals surface area contributed by atoms with Gasteiger partial charge in [-0.05, 0) is 13.8 Å². The number of aliphatic hydroxyl groups is 2. The second-order valence-electron chi connectivity index (χ2n) is 5.77. The van der Waals surface area contributed by atoms with Crippen molar-refractivity contribution in [2.45, 2.75) is 51.5 Å². The molecule has 2 fully saturated rings. The molecule has 0 aliphatic carbocycles. The topological polar surface area (TPSA) is 77.4 Å². The SMILES string of the molecule is CC(O)CC1OCC2(CO1)COC(CC(C)O)OC2. The Kier molecular flexibility index (Phi) is 5.16. The third kappa shape index (κ3) is 4.37. The lowest BCUT2D eigenvalue weighted by molar-refractivity contribution is -0.307. The third-order valence-electron chi connectivity index (χ3n) is 3.37. The number of aliphatic hydroxyl groups excluding tert-OH is 2. The fourth-order valence-corrected chi connectivity index (χ4v) is 2.25. The Morgan fingerprint density at radius 3 is 1.42 bits per heavy atom. The minimum atomic E-state index is -0.437. The van der Waals surface area contributed by atoms with Gasteiger partial charge >= 0.3 is 0 Å². The molecule has 0 bridgehead atoms. The molecule has 1 spiro atoms. The highest BCUT2D eigenvalue weighted by Crippen LogP contribution is 2.31. The Morgan fingerprint density at radius 2 is 1.16 bits per heavy atom. The van der Waals surface area contributed by atoms with Crippen LogP contribution in [-0.2, 0) is 18.9 Å². The van der Waals surface area contributed by atoms with Gasteiger partial charge in [0.25, 0.3) is 0 Å². The standard InChI is InChI=1S/C13H24O6/c1-9(14)3-11-16-5-13(6-17-11)7-18-12(19-8-13)4-10(2)15/h9-12,14-15H,3-8H2,1-2H3. The third-order valence-corrected chi connectivity index (χ3v) is 3.37. The molecule has 2 unspecified atom stereocenters. The van der Waals surface area contributed by atoms with Gasteiger partial charge in [-0.25, -0.2) is 0 Å². The summed E-state index contributed by atoms with van der Waals surface area (Å²) in [5.41, 5.74) is -0.260. The molecule has 0 aromatic carbocycles. The molecular formula is C13H24O6. The van der Waals surface area contributed by atoms with E-state index >= 15 is 0 Å². The summed E-state index contributed by atoms with van der Waals surface area (Å²) in [7, 11) is 0. The van der Waals surface area contributed by atoms with Gasteiger partial charge in [0.2, 0.25) is 0 Å². The van der Waals surface area contributed by atoms with Crippen LogP contribution in [0.1, 0.15) is 26.7 Å². The molecule has 2 atom stereocenters. The van der Waals surface area contributed by atoms with Crippen molar-refractivity contribution in [3.63, 3.8) is 0 Å². The van der Waals surface area contributed by atoms with Crippen LogP contribution in [-0.4, -0.2) is 61.4 Å². The van der Waals surface area contributed by atoms with Crippen LogP contribution in [0, 0.1) is 5.41 Å². The fraction of sp³-hybridized carbons (Fsp3) is 1.00. The molecule has 0 radical (unpaired) electrons. The first-order valence-electron chi connectivity index (χ1n) is 6.82. The van der Waals surface area contributed by atoms with Gasteiger partial charge in [-0.3, -0.25) is 0 Å². The average Bonchev–Trinajstić information content (AvgIpc) is 2.34. The van der Waals surface area contributed by atoms with E-state index in [0.29, 0.717) is 39.3 Å². The molecule has 2 N–H and O–H groups in total. The van der Waals surface area contributed by atoms with Crippen LogP contribution in [0.15, 0.2) is 0 Å². The molecule has 0 aromatic rings. The Morgan fingerprint density at radius 1 is 0.842 bits per heavy atom. The van der Waals surface area contributed by atoms with E-state index in [4.69, 9.17) is 18.9 Å². The zero-order valence-electron chi connectivity index (χ0n) is 11.6. The molecule has 2 aliphatic heterocycles. The smallest absolute Gasteiger partial charge is 0.160 e. The summed E-state index contributed by atoms with van der Waals surface area (Å²) in [6, 6.07) is 0. The summed E-state index contributed by atoms with van der Waals surface area (Å²) in [5, 5.41) is 18.6. The lowest BCUT2D eigenvalue weighted by atomic mass is 9.90. The van der Waals surface area contributed by atoms with Gasteiger partial charge in [0.05, 0.1) is 44.1 Å². The molecule has 0 aromatic heterocycles. The lowest BCUT2D eigenvalue weighted by Gasteiger charge is -2.44. The van der Waals surface area contributed by atoms with E-state index in [1.54, 1.807) is 13.8 Å². The Bertz CT molecular complexity index is 233. The zero-order chi connectivity index (χ0) is 13.9. The van der Waals surface area contributed by atoms with E-state index in [1.807, 2.05) is 0 Å². The highest BCUT2D eigenvalue weighted by molar-refractivity contribution is 4.84. The van der Waals surface area contributed by atoms with E-state index in [2.05, 4.69) is 0 Å². The van der Waals surface area contributed by atoms with Gasteiger partial charge in [-0.15, -0.1) is 0 Å². The number of ether oxygens (including phenoxy) is 4. The van der Waals surface area contributed by atoms with Crippen LogP contribution in [0.2, 0.25) is 0 Å². The molecule has 6 nitrogen and oxygen atoms in total. The van der Waals surface area contributed by atoms with Gasteiger partial charge in [0.15, 0.2) is 12.6 Å². The first-order chi connectivity index (χ1) is 8.99. The summed E-state index contributed by atoms with van der Waals surface area (Å²) in [6.45, 7) is 5.45. The lowest BCUT2D eigenvalue weighted by Crippen LogP contribution is -2.52. The van der Waals surface area contributed by atoms with E-state index in [9.17, 15) is 10.2 Å².